The van der Waals surface area contributed by atoms with E-state index in [1.807, 2.05) is 43.3 Å². The molecule has 0 radical (unpaired) electrons. The van der Waals surface area contributed by atoms with Crippen molar-refractivity contribution in [3.05, 3.63) is 71.8 Å². The molecule has 0 aliphatic carbocycles. The zero-order valence-corrected chi connectivity index (χ0v) is 20.3. The molecular formula is C26H36O3Si. The van der Waals surface area contributed by atoms with E-state index in [1.165, 1.54) is 5.56 Å². The molecule has 0 amide bonds. The first-order chi connectivity index (χ1) is 14.0. The van der Waals surface area contributed by atoms with Crippen LogP contribution in [0.25, 0.3) is 0 Å². The molecule has 0 N–H and O–H groups in total. The first-order valence-electron chi connectivity index (χ1n) is 11.0. The third kappa shape index (κ3) is 4.70. The van der Waals surface area contributed by atoms with Gasteiger partial charge in [0.1, 0.15) is 11.5 Å². The maximum Gasteiger partial charge on any atom is 0.320 e. The Kier molecular flexibility index (Phi) is 6.59. The monoisotopic (exact) mass is 424 g/mol. The Morgan fingerprint density at radius 3 is 2.13 bits per heavy atom. The van der Waals surface area contributed by atoms with Gasteiger partial charge in [-0.25, -0.2) is 0 Å². The average molecular weight is 425 g/mol. The molecule has 4 heteroatoms. The summed E-state index contributed by atoms with van der Waals surface area (Å²) in [6.07, 6.45) is 2.53. The molecule has 1 saturated heterocycles. The molecule has 0 bridgehead atoms. The van der Waals surface area contributed by atoms with Crippen LogP contribution in [0.4, 0.5) is 0 Å². The van der Waals surface area contributed by atoms with Crippen molar-refractivity contribution in [1.82, 2.24) is 0 Å². The predicted octanol–water partition coefficient (Wildman–Crippen LogP) is 6.28. The molecule has 1 aliphatic heterocycles. The normalized spacial score (nSPS) is 22.9. The topological polar surface area (TPSA) is 35.5 Å². The number of ether oxygens (including phenoxy) is 1. The minimum absolute atomic E-state index is 0.0623. The van der Waals surface area contributed by atoms with Crippen molar-refractivity contribution < 1.29 is 14.0 Å². The van der Waals surface area contributed by atoms with Gasteiger partial charge >= 0.3 is 5.97 Å². The largest absolute Gasteiger partial charge is 0.460 e. The number of carbonyl (C=O) groups is 1. The Hall–Kier alpha value is -1.91. The highest BCUT2D eigenvalue weighted by Crippen LogP contribution is 2.44. The highest BCUT2D eigenvalue weighted by Gasteiger charge is 2.56. The lowest BCUT2D eigenvalue weighted by Crippen LogP contribution is -2.59. The third-order valence-electron chi connectivity index (χ3n) is 7.03. The first-order valence-corrected chi connectivity index (χ1v) is 13.9. The van der Waals surface area contributed by atoms with Crippen LogP contribution in [0, 0.1) is 0 Å². The van der Waals surface area contributed by atoms with E-state index < -0.39 is 13.7 Å². The Balaban J connectivity index is 1.78. The van der Waals surface area contributed by atoms with Crippen molar-refractivity contribution >= 4 is 14.3 Å². The van der Waals surface area contributed by atoms with Gasteiger partial charge in [0.15, 0.2) is 8.32 Å². The fourth-order valence-corrected chi connectivity index (χ4v) is 5.25. The number of cyclic esters (lactones) is 1. The number of esters is 1. The van der Waals surface area contributed by atoms with Gasteiger partial charge in [-0.3, -0.25) is 4.79 Å². The molecule has 3 atom stereocenters. The van der Waals surface area contributed by atoms with Crippen molar-refractivity contribution in [2.24, 2.45) is 0 Å². The second kappa shape index (κ2) is 8.68. The Morgan fingerprint density at radius 1 is 1.03 bits per heavy atom. The van der Waals surface area contributed by atoms with E-state index in [-0.39, 0.29) is 23.2 Å². The number of hydrogen-bond donors (Lipinski definition) is 0. The molecule has 30 heavy (non-hydrogen) atoms. The van der Waals surface area contributed by atoms with Crippen LogP contribution in [0.3, 0.4) is 0 Å². The fourth-order valence-electron chi connectivity index (χ4n) is 3.84. The van der Waals surface area contributed by atoms with Gasteiger partial charge in [-0.05, 0) is 49.0 Å². The van der Waals surface area contributed by atoms with E-state index >= 15 is 0 Å². The van der Waals surface area contributed by atoms with Crippen molar-refractivity contribution in [2.45, 2.75) is 82.7 Å². The molecule has 0 unspecified atom stereocenters. The number of carbonyl (C=O) groups excluding carboxylic acids is 1. The second-order valence-electron chi connectivity index (χ2n) is 10.2. The van der Waals surface area contributed by atoms with E-state index in [2.05, 4.69) is 58.1 Å². The summed E-state index contributed by atoms with van der Waals surface area (Å²) in [6, 6.07) is 20.6. The third-order valence-corrected chi connectivity index (χ3v) is 11.6. The molecular weight excluding hydrogens is 388 g/mol. The SMILES string of the molecule is CC(C)(C)[Si](C)(C)O[C@@H](CCc1ccccc1)C[C@H]1OC(=O)[C@]1(C)c1ccccc1. The summed E-state index contributed by atoms with van der Waals surface area (Å²) in [5.41, 5.74) is 1.75. The summed E-state index contributed by atoms with van der Waals surface area (Å²) >= 11 is 0. The molecule has 162 valence electrons. The van der Waals surface area contributed by atoms with E-state index in [1.54, 1.807) is 0 Å². The molecule has 2 aromatic carbocycles. The Bertz CT molecular complexity index is 842. The maximum absolute atomic E-state index is 12.5. The van der Waals surface area contributed by atoms with Gasteiger partial charge in [-0.1, -0.05) is 81.4 Å². The van der Waals surface area contributed by atoms with Crippen molar-refractivity contribution in [2.75, 3.05) is 0 Å². The summed E-state index contributed by atoms with van der Waals surface area (Å²) in [5.74, 6) is -0.132. The van der Waals surface area contributed by atoms with Gasteiger partial charge < -0.3 is 9.16 Å². The highest BCUT2D eigenvalue weighted by atomic mass is 28.4. The summed E-state index contributed by atoms with van der Waals surface area (Å²) in [5, 5.41) is 0.136. The molecule has 3 nitrogen and oxygen atoms in total. The lowest BCUT2D eigenvalue weighted by Gasteiger charge is -2.47. The number of hydrogen-bond acceptors (Lipinski definition) is 3. The smallest absolute Gasteiger partial charge is 0.320 e. The molecule has 2 aromatic rings. The average Bonchev–Trinajstić information content (AvgIpc) is 2.71. The van der Waals surface area contributed by atoms with Crippen LogP contribution in [0.2, 0.25) is 18.1 Å². The second-order valence-corrected chi connectivity index (χ2v) is 15.0. The highest BCUT2D eigenvalue weighted by molar-refractivity contribution is 6.74. The standard InChI is InChI=1S/C26H36O3Si/c1-25(2,3)30(5,6)29-22(18-17-20-13-9-7-10-14-20)19-23-26(4,24(27)28-23)21-15-11-8-12-16-21/h7-16,22-23H,17-19H2,1-6H3/t22-,23+,26+/m0/s1. The molecule has 1 heterocycles. The summed E-state index contributed by atoms with van der Waals surface area (Å²) in [4.78, 5) is 12.5. The maximum atomic E-state index is 12.5. The van der Waals surface area contributed by atoms with Crippen molar-refractivity contribution in [1.29, 1.82) is 0 Å². The van der Waals surface area contributed by atoms with Crippen LogP contribution in [0.1, 0.15) is 51.7 Å². The zero-order chi connectivity index (χ0) is 22.0. The van der Waals surface area contributed by atoms with Crippen LogP contribution in [-0.4, -0.2) is 26.5 Å². The van der Waals surface area contributed by atoms with E-state index in [0.29, 0.717) is 0 Å². The molecule has 1 fully saturated rings. The predicted molar refractivity (Wildman–Crippen MR) is 125 cm³/mol. The molecule has 1 aliphatic rings. The van der Waals surface area contributed by atoms with Crippen LogP contribution in [0.5, 0.6) is 0 Å². The fraction of sp³-hybridized carbons (Fsp3) is 0.500. The minimum atomic E-state index is -1.94. The minimum Gasteiger partial charge on any atom is -0.460 e. The van der Waals surface area contributed by atoms with E-state index in [9.17, 15) is 4.79 Å². The number of aryl methyl sites for hydroxylation is 1. The first kappa shape index (κ1) is 22.8. The molecule has 0 saturated carbocycles. The lowest BCUT2D eigenvalue weighted by atomic mass is 9.71. The Labute approximate surface area is 182 Å². The zero-order valence-electron chi connectivity index (χ0n) is 19.3. The summed E-state index contributed by atoms with van der Waals surface area (Å²) < 4.78 is 12.5. The number of benzene rings is 2. The molecule has 3 rings (SSSR count). The Morgan fingerprint density at radius 2 is 1.60 bits per heavy atom. The molecule has 0 spiro atoms. The van der Waals surface area contributed by atoms with Gasteiger partial charge in [0.2, 0.25) is 0 Å². The van der Waals surface area contributed by atoms with Gasteiger partial charge in [-0.2, -0.15) is 0 Å². The van der Waals surface area contributed by atoms with Crippen LogP contribution >= 0.6 is 0 Å². The van der Waals surface area contributed by atoms with Crippen molar-refractivity contribution in [3.8, 4) is 0 Å². The number of rotatable bonds is 8. The molecule has 0 aromatic heterocycles. The van der Waals surface area contributed by atoms with E-state index in [0.717, 1.165) is 24.8 Å². The van der Waals surface area contributed by atoms with Crippen molar-refractivity contribution in [3.63, 3.8) is 0 Å². The van der Waals surface area contributed by atoms with Gasteiger partial charge in [0.05, 0.1) is 0 Å². The van der Waals surface area contributed by atoms with Gasteiger partial charge in [0, 0.05) is 12.5 Å². The van der Waals surface area contributed by atoms with Gasteiger partial charge in [-0.15, -0.1) is 0 Å². The van der Waals surface area contributed by atoms with Gasteiger partial charge in [0.25, 0.3) is 0 Å². The lowest BCUT2D eigenvalue weighted by molar-refractivity contribution is -0.192. The van der Waals surface area contributed by atoms with Crippen LogP contribution in [0.15, 0.2) is 60.7 Å². The van der Waals surface area contributed by atoms with Crippen LogP contribution in [-0.2, 0) is 25.8 Å². The quantitative estimate of drug-likeness (QED) is 0.369. The van der Waals surface area contributed by atoms with E-state index in [4.69, 9.17) is 9.16 Å². The van der Waals surface area contributed by atoms with Crippen LogP contribution < -0.4 is 0 Å². The summed E-state index contributed by atoms with van der Waals surface area (Å²) in [7, 11) is -1.94. The summed E-state index contributed by atoms with van der Waals surface area (Å²) in [6.45, 7) is 13.4.